The van der Waals surface area contributed by atoms with E-state index in [9.17, 15) is 0 Å². The minimum Gasteiger partial charge on any atom is -0.385 e. The van der Waals surface area contributed by atoms with Crippen LogP contribution in [0, 0.1) is 0 Å². The van der Waals surface area contributed by atoms with Crippen LogP contribution in [0.15, 0.2) is 0 Å². The minimum atomic E-state index is 0.664. The van der Waals surface area contributed by atoms with Crippen molar-refractivity contribution in [3.8, 4) is 0 Å². The molecule has 0 amide bonds. The average Bonchev–Trinajstić information content (AvgIpc) is 1.97. The fraction of sp³-hybridized carbons (Fsp3) is 1.00. The van der Waals surface area contributed by atoms with E-state index in [0.29, 0.717) is 6.04 Å². The number of ether oxygens (including phenoxy) is 1. The van der Waals surface area contributed by atoms with Crippen molar-refractivity contribution in [3.63, 3.8) is 0 Å². The van der Waals surface area contributed by atoms with Crippen molar-refractivity contribution in [3.05, 3.63) is 0 Å². The molecule has 2 heteroatoms. The molecule has 0 aromatic rings. The predicted octanol–water partition coefficient (Wildman–Crippen LogP) is 1.75. The molecule has 0 aromatic carbocycles. The van der Waals surface area contributed by atoms with Crippen molar-refractivity contribution in [1.82, 2.24) is 4.90 Å². The van der Waals surface area contributed by atoms with Crippen LogP contribution in [0.5, 0.6) is 0 Å². The van der Waals surface area contributed by atoms with Crippen molar-refractivity contribution < 1.29 is 4.74 Å². The Kier molecular flexibility index (Phi) is 6.57. The third kappa shape index (κ3) is 6.32. The quantitative estimate of drug-likeness (QED) is 0.547. The monoisotopic (exact) mass is 159 g/mol. The second kappa shape index (κ2) is 6.62. The zero-order chi connectivity index (χ0) is 8.69. The molecule has 68 valence electrons. The van der Waals surface area contributed by atoms with Gasteiger partial charge in [-0.3, -0.25) is 0 Å². The van der Waals surface area contributed by atoms with Gasteiger partial charge < -0.3 is 9.64 Å². The summed E-state index contributed by atoms with van der Waals surface area (Å²) in [4.78, 5) is 2.36. The first-order valence-corrected chi connectivity index (χ1v) is 4.37. The molecule has 0 atom stereocenters. The van der Waals surface area contributed by atoms with Crippen molar-refractivity contribution in [2.45, 2.75) is 32.7 Å². The van der Waals surface area contributed by atoms with Gasteiger partial charge in [0.25, 0.3) is 0 Å². The first-order chi connectivity index (χ1) is 5.18. The molecule has 0 aliphatic carbocycles. The van der Waals surface area contributed by atoms with E-state index in [4.69, 9.17) is 4.74 Å². The highest BCUT2D eigenvalue weighted by Gasteiger charge is 2.00. The van der Waals surface area contributed by atoms with Gasteiger partial charge >= 0.3 is 0 Å². The molecule has 0 radical (unpaired) electrons. The Balaban J connectivity index is 3.10. The number of unbranched alkanes of at least 4 members (excludes halogenated alkanes) is 1. The van der Waals surface area contributed by atoms with E-state index >= 15 is 0 Å². The minimum absolute atomic E-state index is 0.664. The number of hydrogen-bond donors (Lipinski definition) is 0. The van der Waals surface area contributed by atoms with E-state index in [2.05, 4.69) is 25.8 Å². The van der Waals surface area contributed by atoms with Gasteiger partial charge in [0, 0.05) is 19.8 Å². The summed E-state index contributed by atoms with van der Waals surface area (Å²) in [5, 5.41) is 0. The van der Waals surface area contributed by atoms with E-state index < -0.39 is 0 Å². The van der Waals surface area contributed by atoms with Crippen molar-refractivity contribution >= 4 is 0 Å². The summed E-state index contributed by atoms with van der Waals surface area (Å²) in [6.07, 6.45) is 2.41. The van der Waals surface area contributed by atoms with Crippen molar-refractivity contribution in [2.75, 3.05) is 27.3 Å². The van der Waals surface area contributed by atoms with Gasteiger partial charge in [0.1, 0.15) is 0 Å². The van der Waals surface area contributed by atoms with E-state index in [1.54, 1.807) is 7.11 Å². The van der Waals surface area contributed by atoms with E-state index in [1.165, 1.54) is 19.4 Å². The Bertz CT molecular complexity index is 83.6. The van der Waals surface area contributed by atoms with Gasteiger partial charge in [-0.15, -0.1) is 0 Å². The molecule has 0 aliphatic rings. The molecule has 0 aromatic heterocycles. The highest BCUT2D eigenvalue weighted by Crippen LogP contribution is 1.97. The van der Waals surface area contributed by atoms with E-state index in [-0.39, 0.29) is 0 Å². The molecule has 0 heterocycles. The molecule has 0 saturated carbocycles. The molecule has 0 N–H and O–H groups in total. The largest absolute Gasteiger partial charge is 0.385 e. The van der Waals surface area contributed by atoms with Crippen LogP contribution in [0.3, 0.4) is 0 Å². The van der Waals surface area contributed by atoms with E-state index in [1.807, 2.05) is 0 Å². The zero-order valence-corrected chi connectivity index (χ0v) is 8.26. The SMILES string of the molecule is COCCCCN(C)C(C)C. The van der Waals surface area contributed by atoms with E-state index in [0.717, 1.165) is 6.61 Å². The maximum atomic E-state index is 4.97. The van der Waals surface area contributed by atoms with Crippen LogP contribution < -0.4 is 0 Å². The van der Waals surface area contributed by atoms with Crippen LogP contribution in [0.25, 0.3) is 0 Å². The molecule has 11 heavy (non-hydrogen) atoms. The van der Waals surface area contributed by atoms with Gasteiger partial charge in [0.15, 0.2) is 0 Å². The van der Waals surface area contributed by atoms with Crippen LogP contribution in [0.2, 0.25) is 0 Å². The molecular formula is C9H21NO. The van der Waals surface area contributed by atoms with Crippen molar-refractivity contribution in [1.29, 1.82) is 0 Å². The molecule has 2 nitrogen and oxygen atoms in total. The average molecular weight is 159 g/mol. The normalized spacial score (nSPS) is 11.5. The van der Waals surface area contributed by atoms with Crippen LogP contribution in [0.4, 0.5) is 0 Å². The van der Waals surface area contributed by atoms with Crippen molar-refractivity contribution in [2.24, 2.45) is 0 Å². The molecule has 0 bridgehead atoms. The Hall–Kier alpha value is -0.0800. The molecule has 0 aliphatic heterocycles. The number of methoxy groups -OCH3 is 1. The summed E-state index contributed by atoms with van der Waals surface area (Å²) < 4.78 is 4.97. The molecule has 0 spiro atoms. The summed E-state index contributed by atoms with van der Waals surface area (Å²) in [6, 6.07) is 0.664. The lowest BCUT2D eigenvalue weighted by Gasteiger charge is -2.20. The zero-order valence-electron chi connectivity index (χ0n) is 8.26. The Morgan fingerprint density at radius 2 is 1.91 bits per heavy atom. The van der Waals surface area contributed by atoms with Gasteiger partial charge in [0.05, 0.1) is 0 Å². The number of nitrogens with zero attached hydrogens (tertiary/aromatic N) is 1. The first-order valence-electron chi connectivity index (χ1n) is 4.37. The fourth-order valence-corrected chi connectivity index (χ4v) is 0.866. The van der Waals surface area contributed by atoms with Crippen LogP contribution in [-0.2, 0) is 4.74 Å². The van der Waals surface area contributed by atoms with Crippen LogP contribution >= 0.6 is 0 Å². The standard InChI is InChI=1S/C9H21NO/c1-9(2)10(3)7-5-6-8-11-4/h9H,5-8H2,1-4H3. The van der Waals surface area contributed by atoms with Gasteiger partial charge in [-0.2, -0.15) is 0 Å². The summed E-state index contributed by atoms with van der Waals surface area (Å²) in [5.74, 6) is 0. The van der Waals surface area contributed by atoms with Gasteiger partial charge in [-0.1, -0.05) is 0 Å². The highest BCUT2D eigenvalue weighted by atomic mass is 16.5. The molecule has 0 fully saturated rings. The Morgan fingerprint density at radius 1 is 1.27 bits per heavy atom. The third-order valence-corrected chi connectivity index (χ3v) is 1.99. The fourth-order valence-electron chi connectivity index (χ4n) is 0.866. The Labute approximate surface area is 70.5 Å². The summed E-state index contributed by atoms with van der Waals surface area (Å²) in [6.45, 7) is 6.51. The number of rotatable bonds is 6. The summed E-state index contributed by atoms with van der Waals surface area (Å²) in [7, 11) is 3.92. The summed E-state index contributed by atoms with van der Waals surface area (Å²) in [5.41, 5.74) is 0. The molecule has 0 unspecified atom stereocenters. The number of hydrogen-bond acceptors (Lipinski definition) is 2. The summed E-state index contributed by atoms with van der Waals surface area (Å²) >= 11 is 0. The third-order valence-electron chi connectivity index (χ3n) is 1.99. The topological polar surface area (TPSA) is 12.5 Å². The van der Waals surface area contributed by atoms with Crippen LogP contribution in [-0.4, -0.2) is 38.3 Å². The lowest BCUT2D eigenvalue weighted by molar-refractivity contribution is 0.183. The maximum Gasteiger partial charge on any atom is 0.0462 e. The lowest BCUT2D eigenvalue weighted by Crippen LogP contribution is -2.27. The smallest absolute Gasteiger partial charge is 0.0462 e. The highest BCUT2D eigenvalue weighted by molar-refractivity contribution is 4.56. The molecular weight excluding hydrogens is 138 g/mol. The van der Waals surface area contributed by atoms with Gasteiger partial charge in [-0.25, -0.2) is 0 Å². The molecule has 0 saturated heterocycles. The predicted molar refractivity (Wildman–Crippen MR) is 48.9 cm³/mol. The maximum absolute atomic E-state index is 4.97. The van der Waals surface area contributed by atoms with Gasteiger partial charge in [0.2, 0.25) is 0 Å². The molecule has 0 rings (SSSR count). The Morgan fingerprint density at radius 3 is 2.36 bits per heavy atom. The second-order valence-electron chi connectivity index (χ2n) is 3.27. The first kappa shape index (κ1) is 10.9. The van der Waals surface area contributed by atoms with Crippen LogP contribution in [0.1, 0.15) is 26.7 Å². The second-order valence-corrected chi connectivity index (χ2v) is 3.27. The van der Waals surface area contributed by atoms with Gasteiger partial charge in [-0.05, 0) is 40.3 Å². The lowest BCUT2D eigenvalue weighted by atomic mass is 10.2.